The summed E-state index contributed by atoms with van der Waals surface area (Å²) in [7, 11) is 1.61. The Hall–Kier alpha value is -2.84. The Kier molecular flexibility index (Phi) is 6.50. The van der Waals surface area contributed by atoms with Crippen molar-refractivity contribution >= 4 is 17.2 Å². The molecule has 0 fully saturated rings. The molecule has 7 nitrogen and oxygen atoms in total. The first-order valence-corrected chi connectivity index (χ1v) is 12.1. The molecule has 0 bridgehead atoms. The van der Waals surface area contributed by atoms with Gasteiger partial charge in [0.1, 0.15) is 12.3 Å². The molecule has 1 aromatic carbocycles. The van der Waals surface area contributed by atoms with Crippen LogP contribution in [0.2, 0.25) is 0 Å². The van der Waals surface area contributed by atoms with Gasteiger partial charge in [-0.1, -0.05) is 6.07 Å². The third-order valence-electron chi connectivity index (χ3n) is 5.88. The molecule has 0 radical (unpaired) electrons. The predicted molar refractivity (Wildman–Crippen MR) is 130 cm³/mol. The number of aromatic nitrogens is 2. The summed E-state index contributed by atoms with van der Waals surface area (Å²) in [6, 6.07) is 7.97. The number of benzene rings is 1. The second-order valence-corrected chi connectivity index (χ2v) is 9.91. The van der Waals surface area contributed by atoms with Crippen molar-refractivity contribution in [3.63, 3.8) is 0 Å². The van der Waals surface area contributed by atoms with Gasteiger partial charge >= 0.3 is 0 Å². The van der Waals surface area contributed by atoms with E-state index >= 15 is 0 Å². The normalized spacial score (nSPS) is 12.8. The molecule has 33 heavy (non-hydrogen) atoms. The summed E-state index contributed by atoms with van der Waals surface area (Å²) < 4.78 is 13.4. The molecule has 4 rings (SSSR count). The van der Waals surface area contributed by atoms with Crippen LogP contribution in [-0.4, -0.2) is 57.9 Å². The van der Waals surface area contributed by atoms with Crippen LogP contribution >= 0.6 is 11.3 Å². The zero-order chi connectivity index (χ0) is 23.8. The zero-order valence-corrected chi connectivity index (χ0v) is 20.7. The molecule has 1 aliphatic rings. The van der Waals surface area contributed by atoms with E-state index in [9.17, 15) is 9.90 Å². The molecule has 0 saturated carbocycles. The fourth-order valence-corrected chi connectivity index (χ4v) is 5.14. The van der Waals surface area contributed by atoms with Crippen LogP contribution in [-0.2, 0) is 13.0 Å². The molecule has 1 N–H and O–H groups in total. The number of imidazole rings is 1. The van der Waals surface area contributed by atoms with E-state index in [-0.39, 0.29) is 24.7 Å². The number of aryl methyl sites for hydroxylation is 1. The first-order valence-electron chi connectivity index (χ1n) is 11.2. The number of rotatable bonds is 7. The van der Waals surface area contributed by atoms with Crippen LogP contribution in [0.25, 0.3) is 21.8 Å². The largest absolute Gasteiger partial charge is 0.493 e. The van der Waals surface area contributed by atoms with E-state index in [0.717, 1.165) is 33.8 Å². The van der Waals surface area contributed by atoms with Gasteiger partial charge in [-0.3, -0.25) is 4.79 Å². The van der Waals surface area contributed by atoms with Gasteiger partial charge in [0, 0.05) is 24.2 Å². The number of hydrogen-bond donors (Lipinski definition) is 1. The third-order valence-corrected chi connectivity index (χ3v) is 6.76. The van der Waals surface area contributed by atoms with Crippen LogP contribution in [0.3, 0.4) is 0 Å². The highest BCUT2D eigenvalue weighted by Crippen LogP contribution is 2.44. The predicted octanol–water partition coefficient (Wildman–Crippen LogP) is 4.48. The maximum absolute atomic E-state index is 13.7. The van der Waals surface area contributed by atoms with Crippen LogP contribution in [0, 0.1) is 0 Å². The smallest absolute Gasteiger partial charge is 0.290 e. The lowest BCUT2D eigenvalue weighted by molar-refractivity contribution is 0.0581. The van der Waals surface area contributed by atoms with Gasteiger partial charge in [0.2, 0.25) is 0 Å². The Morgan fingerprint density at radius 1 is 1.30 bits per heavy atom. The van der Waals surface area contributed by atoms with Crippen molar-refractivity contribution in [1.82, 2.24) is 14.5 Å². The van der Waals surface area contributed by atoms with E-state index < -0.39 is 0 Å². The molecule has 1 amide bonds. The van der Waals surface area contributed by atoms with E-state index in [1.807, 2.05) is 62.2 Å². The van der Waals surface area contributed by atoms with Gasteiger partial charge in [0.15, 0.2) is 17.3 Å². The molecule has 0 aliphatic carbocycles. The van der Waals surface area contributed by atoms with E-state index in [1.54, 1.807) is 18.4 Å². The fourth-order valence-electron chi connectivity index (χ4n) is 4.42. The second kappa shape index (κ2) is 9.19. The van der Waals surface area contributed by atoms with Crippen LogP contribution < -0.4 is 9.47 Å². The van der Waals surface area contributed by atoms with Gasteiger partial charge in [-0.25, -0.2) is 4.98 Å². The minimum atomic E-state index is -0.313. The Morgan fingerprint density at radius 2 is 2.09 bits per heavy atom. The molecule has 3 heterocycles. The first-order chi connectivity index (χ1) is 15.8. The molecular weight excluding hydrogens is 438 g/mol. The minimum Gasteiger partial charge on any atom is -0.493 e. The number of aliphatic hydroxyl groups is 1. The molecule has 0 unspecified atom stereocenters. The van der Waals surface area contributed by atoms with E-state index in [2.05, 4.69) is 4.57 Å². The van der Waals surface area contributed by atoms with Gasteiger partial charge < -0.3 is 24.0 Å². The van der Waals surface area contributed by atoms with Gasteiger partial charge in [-0.05, 0) is 63.3 Å². The Balaban J connectivity index is 1.92. The van der Waals surface area contributed by atoms with Crippen molar-refractivity contribution in [2.75, 3.05) is 26.9 Å². The van der Waals surface area contributed by atoms with Crippen molar-refractivity contribution in [3.05, 3.63) is 41.0 Å². The van der Waals surface area contributed by atoms with E-state index in [4.69, 9.17) is 14.5 Å². The zero-order valence-electron chi connectivity index (χ0n) is 19.8. The minimum absolute atomic E-state index is 0.0669. The lowest BCUT2D eigenvalue weighted by Crippen LogP contribution is -2.46. The Labute approximate surface area is 198 Å². The highest BCUT2D eigenvalue weighted by molar-refractivity contribution is 7.13. The highest BCUT2D eigenvalue weighted by Gasteiger charge is 2.34. The number of methoxy groups -OCH3 is 1. The summed E-state index contributed by atoms with van der Waals surface area (Å²) in [5.74, 6) is 1.59. The monoisotopic (exact) mass is 469 g/mol. The SMILES string of the molecule is CCN(C(=O)c1nc(-c2cccs2)c2n1CCc1cc(OC)c(OCCO)cc1-2)C(C)(C)C. The van der Waals surface area contributed by atoms with Gasteiger partial charge in [-0.2, -0.15) is 0 Å². The molecule has 3 aromatic rings. The Bertz CT molecular complexity index is 1150. The van der Waals surface area contributed by atoms with Crippen molar-refractivity contribution in [2.45, 2.75) is 46.2 Å². The molecular formula is C25H31N3O4S. The standard InChI is InChI=1S/C25H31N3O4S/c1-6-28(25(2,3)4)24(30)23-26-21(20-8-7-13-33-20)22-17-15-19(32-12-11-29)18(31-5)14-16(17)9-10-27(22)23/h7-8,13-15,29H,6,9-12H2,1-5H3. The summed E-state index contributed by atoms with van der Waals surface area (Å²) >= 11 is 1.60. The molecule has 1 aliphatic heterocycles. The van der Waals surface area contributed by atoms with Crippen LogP contribution in [0.4, 0.5) is 0 Å². The van der Waals surface area contributed by atoms with E-state index in [0.29, 0.717) is 30.4 Å². The van der Waals surface area contributed by atoms with Gasteiger partial charge in [-0.15, -0.1) is 11.3 Å². The van der Waals surface area contributed by atoms with Crippen LogP contribution in [0.5, 0.6) is 11.5 Å². The van der Waals surface area contributed by atoms with Crippen molar-refractivity contribution in [2.24, 2.45) is 0 Å². The average molecular weight is 470 g/mol. The number of ether oxygens (including phenoxy) is 2. The van der Waals surface area contributed by atoms with Crippen molar-refractivity contribution in [3.8, 4) is 33.3 Å². The van der Waals surface area contributed by atoms with E-state index in [1.165, 1.54) is 0 Å². The number of amides is 1. The quantitative estimate of drug-likeness (QED) is 0.552. The van der Waals surface area contributed by atoms with Crippen LogP contribution in [0.15, 0.2) is 29.6 Å². The number of carbonyl (C=O) groups is 1. The highest BCUT2D eigenvalue weighted by atomic mass is 32.1. The molecule has 2 aromatic heterocycles. The maximum Gasteiger partial charge on any atom is 0.290 e. The van der Waals surface area contributed by atoms with Crippen molar-refractivity contribution in [1.29, 1.82) is 0 Å². The van der Waals surface area contributed by atoms with Gasteiger partial charge in [0.25, 0.3) is 5.91 Å². The number of nitrogens with zero attached hydrogens (tertiary/aromatic N) is 3. The van der Waals surface area contributed by atoms with Crippen LogP contribution in [0.1, 0.15) is 43.9 Å². The summed E-state index contributed by atoms with van der Waals surface area (Å²) in [4.78, 5) is 21.5. The maximum atomic E-state index is 13.7. The summed E-state index contributed by atoms with van der Waals surface area (Å²) in [5, 5.41) is 11.3. The molecule has 0 spiro atoms. The van der Waals surface area contributed by atoms with Gasteiger partial charge in [0.05, 0.1) is 24.3 Å². The summed E-state index contributed by atoms with van der Waals surface area (Å²) in [6.07, 6.45) is 0.751. The lowest BCUT2D eigenvalue weighted by Gasteiger charge is -2.34. The molecule has 176 valence electrons. The molecule has 0 atom stereocenters. The number of carbonyl (C=O) groups excluding carboxylic acids is 1. The number of aliphatic hydroxyl groups excluding tert-OH is 1. The van der Waals surface area contributed by atoms with Crippen molar-refractivity contribution < 1.29 is 19.4 Å². The first kappa shape index (κ1) is 23.3. The third kappa shape index (κ3) is 4.25. The lowest BCUT2D eigenvalue weighted by atomic mass is 9.95. The number of fused-ring (bicyclic) bond motifs is 3. The molecule has 0 saturated heterocycles. The number of thiophene rings is 1. The fraction of sp³-hybridized carbons (Fsp3) is 0.440. The molecule has 8 heteroatoms. The summed E-state index contributed by atoms with van der Waals surface area (Å²) in [5.41, 5.74) is 3.51. The Morgan fingerprint density at radius 3 is 2.70 bits per heavy atom. The average Bonchev–Trinajstić information content (AvgIpc) is 3.44. The topological polar surface area (TPSA) is 76.8 Å². The second-order valence-electron chi connectivity index (χ2n) is 8.96. The summed E-state index contributed by atoms with van der Waals surface area (Å²) in [6.45, 7) is 9.47. The number of hydrogen-bond acceptors (Lipinski definition) is 6.